The molecule has 4 nitrogen and oxygen atoms in total. The van der Waals surface area contributed by atoms with Gasteiger partial charge in [-0.15, -0.1) is 23.1 Å². The van der Waals surface area contributed by atoms with Crippen LogP contribution in [0, 0.1) is 0 Å². The standard InChI is InChI=1S/C11H18N2O2S2/c1-7(14)9-8(12)10(16-4)11(17-9)13(2)5-6-15-3/h5-6,12H2,1-4H3. The molecule has 2 N–H and O–H groups in total. The largest absolute Gasteiger partial charge is 0.396 e. The van der Waals surface area contributed by atoms with Crippen molar-refractivity contribution in [3.05, 3.63) is 4.88 Å². The van der Waals surface area contributed by atoms with E-state index in [1.54, 1.807) is 25.8 Å². The van der Waals surface area contributed by atoms with Crippen LogP contribution in [0.5, 0.6) is 0 Å². The maximum Gasteiger partial charge on any atom is 0.171 e. The lowest BCUT2D eigenvalue weighted by Gasteiger charge is -2.18. The summed E-state index contributed by atoms with van der Waals surface area (Å²) in [5.41, 5.74) is 6.60. The Morgan fingerprint density at radius 2 is 2.24 bits per heavy atom. The predicted molar refractivity (Wildman–Crippen MR) is 75.7 cm³/mol. The Balaban J connectivity index is 3.06. The van der Waals surface area contributed by atoms with E-state index in [4.69, 9.17) is 10.5 Å². The molecule has 0 aliphatic carbocycles. The first-order chi connectivity index (χ1) is 8.02. The van der Waals surface area contributed by atoms with Crippen molar-refractivity contribution in [2.24, 2.45) is 0 Å². The van der Waals surface area contributed by atoms with Gasteiger partial charge < -0.3 is 15.4 Å². The molecular formula is C11H18N2O2S2. The Labute approximate surface area is 110 Å². The highest BCUT2D eigenvalue weighted by Crippen LogP contribution is 2.43. The number of rotatable bonds is 6. The molecule has 0 unspecified atom stereocenters. The summed E-state index contributed by atoms with van der Waals surface area (Å²) in [4.78, 5) is 15.2. The van der Waals surface area contributed by atoms with E-state index < -0.39 is 0 Å². The summed E-state index contributed by atoms with van der Waals surface area (Å²) in [5, 5.41) is 1.04. The fourth-order valence-corrected chi connectivity index (χ4v) is 3.55. The maximum absolute atomic E-state index is 11.5. The second-order valence-electron chi connectivity index (χ2n) is 3.65. The molecule has 96 valence electrons. The molecule has 0 saturated carbocycles. The number of ether oxygens (including phenoxy) is 1. The number of thioether (sulfide) groups is 1. The van der Waals surface area contributed by atoms with Crippen molar-refractivity contribution >= 4 is 39.6 Å². The molecule has 0 radical (unpaired) electrons. The summed E-state index contributed by atoms with van der Waals surface area (Å²) < 4.78 is 5.05. The van der Waals surface area contributed by atoms with Crippen LogP contribution in [0.25, 0.3) is 0 Å². The van der Waals surface area contributed by atoms with Gasteiger partial charge in [-0.1, -0.05) is 0 Å². The van der Waals surface area contributed by atoms with Gasteiger partial charge in [0.25, 0.3) is 0 Å². The number of Topliss-reactive ketones (excluding diaryl/α,β-unsaturated/α-hetero) is 1. The number of nitrogens with zero attached hydrogens (tertiary/aromatic N) is 1. The Morgan fingerprint density at radius 3 is 2.71 bits per heavy atom. The highest BCUT2D eigenvalue weighted by molar-refractivity contribution is 7.99. The third-order valence-electron chi connectivity index (χ3n) is 2.38. The van der Waals surface area contributed by atoms with Crippen molar-refractivity contribution in [2.45, 2.75) is 11.8 Å². The van der Waals surface area contributed by atoms with Crippen LogP contribution in [-0.2, 0) is 4.74 Å². The predicted octanol–water partition coefficient (Wildman–Crippen LogP) is 2.34. The molecule has 17 heavy (non-hydrogen) atoms. The molecule has 1 aromatic rings. The summed E-state index contributed by atoms with van der Waals surface area (Å²) in [5.74, 6) is 0.0224. The van der Waals surface area contributed by atoms with Crippen LogP contribution >= 0.6 is 23.1 Å². The topological polar surface area (TPSA) is 55.6 Å². The SMILES string of the molecule is COCCN(C)c1sc(C(C)=O)c(N)c1SC. The number of methoxy groups -OCH3 is 1. The van der Waals surface area contributed by atoms with Crippen LogP contribution in [0.2, 0.25) is 0 Å². The molecule has 1 heterocycles. The number of thiophene rings is 1. The van der Waals surface area contributed by atoms with Crippen LogP contribution in [0.4, 0.5) is 10.7 Å². The molecule has 0 fully saturated rings. The monoisotopic (exact) mass is 274 g/mol. The molecule has 0 spiro atoms. The highest BCUT2D eigenvalue weighted by atomic mass is 32.2. The van der Waals surface area contributed by atoms with E-state index in [-0.39, 0.29) is 5.78 Å². The Kier molecular flexibility index (Phi) is 5.30. The van der Waals surface area contributed by atoms with Crippen molar-refractivity contribution in [3.8, 4) is 0 Å². The van der Waals surface area contributed by atoms with E-state index in [0.29, 0.717) is 17.2 Å². The first-order valence-corrected chi connectivity index (χ1v) is 7.24. The molecule has 0 aliphatic rings. The number of carbonyl (C=O) groups excluding carboxylic acids is 1. The lowest BCUT2D eigenvalue weighted by Crippen LogP contribution is -2.21. The molecule has 1 rings (SSSR count). The number of carbonyl (C=O) groups is 1. The number of nitrogens with two attached hydrogens (primary N) is 1. The van der Waals surface area contributed by atoms with Crippen LogP contribution < -0.4 is 10.6 Å². The zero-order valence-electron chi connectivity index (χ0n) is 10.6. The first-order valence-electron chi connectivity index (χ1n) is 5.20. The van der Waals surface area contributed by atoms with Crippen LogP contribution in [0.15, 0.2) is 4.90 Å². The lowest BCUT2D eigenvalue weighted by atomic mass is 10.3. The van der Waals surface area contributed by atoms with Gasteiger partial charge in [0.2, 0.25) is 0 Å². The quantitative estimate of drug-likeness (QED) is 0.637. The highest BCUT2D eigenvalue weighted by Gasteiger charge is 2.20. The number of hydrogen-bond acceptors (Lipinski definition) is 6. The minimum Gasteiger partial charge on any atom is -0.396 e. The van der Waals surface area contributed by atoms with E-state index >= 15 is 0 Å². The van der Waals surface area contributed by atoms with Gasteiger partial charge in [0, 0.05) is 27.6 Å². The number of hydrogen-bond donors (Lipinski definition) is 1. The Hall–Kier alpha value is -0.720. The summed E-state index contributed by atoms with van der Waals surface area (Å²) in [6.07, 6.45) is 1.97. The van der Waals surface area contributed by atoms with Gasteiger partial charge in [-0.25, -0.2) is 0 Å². The third kappa shape index (κ3) is 3.14. The number of anilines is 2. The van der Waals surface area contributed by atoms with Crippen molar-refractivity contribution in [2.75, 3.05) is 44.2 Å². The van der Waals surface area contributed by atoms with E-state index in [9.17, 15) is 4.79 Å². The fourth-order valence-electron chi connectivity index (χ4n) is 1.46. The summed E-state index contributed by atoms with van der Waals surface area (Å²) in [6, 6.07) is 0. The molecule has 0 aromatic carbocycles. The number of nitrogen functional groups attached to an aromatic ring is 1. The molecule has 0 saturated heterocycles. The molecule has 0 amide bonds. The zero-order valence-corrected chi connectivity index (χ0v) is 12.2. The fraction of sp³-hybridized carbons (Fsp3) is 0.545. The molecule has 0 atom stereocenters. The van der Waals surface area contributed by atoms with Crippen molar-refractivity contribution in [1.82, 2.24) is 0 Å². The second-order valence-corrected chi connectivity index (χ2v) is 5.47. The van der Waals surface area contributed by atoms with Crippen molar-refractivity contribution < 1.29 is 9.53 Å². The van der Waals surface area contributed by atoms with E-state index in [0.717, 1.165) is 16.4 Å². The van der Waals surface area contributed by atoms with Crippen LogP contribution in [-0.4, -0.2) is 39.3 Å². The van der Waals surface area contributed by atoms with Crippen molar-refractivity contribution in [3.63, 3.8) is 0 Å². The zero-order chi connectivity index (χ0) is 13.0. The average molecular weight is 274 g/mol. The lowest BCUT2D eigenvalue weighted by molar-refractivity contribution is 0.102. The van der Waals surface area contributed by atoms with Gasteiger partial charge in [-0.05, 0) is 6.26 Å². The molecular weight excluding hydrogens is 256 g/mol. The summed E-state index contributed by atoms with van der Waals surface area (Å²) in [6.45, 7) is 2.98. The van der Waals surface area contributed by atoms with Gasteiger partial charge in [0.1, 0.15) is 5.00 Å². The maximum atomic E-state index is 11.5. The molecule has 6 heteroatoms. The van der Waals surface area contributed by atoms with Gasteiger partial charge in [-0.2, -0.15) is 0 Å². The van der Waals surface area contributed by atoms with E-state index in [1.807, 2.05) is 13.3 Å². The number of likely N-dealkylation sites (N-methyl/N-ethyl adjacent to an activating group) is 1. The average Bonchev–Trinajstić information content (AvgIpc) is 2.63. The van der Waals surface area contributed by atoms with E-state index in [1.165, 1.54) is 11.3 Å². The van der Waals surface area contributed by atoms with E-state index in [2.05, 4.69) is 4.90 Å². The van der Waals surface area contributed by atoms with Gasteiger partial charge in [-0.3, -0.25) is 4.79 Å². The van der Waals surface area contributed by atoms with Crippen molar-refractivity contribution in [1.29, 1.82) is 0 Å². The molecule has 0 bridgehead atoms. The van der Waals surface area contributed by atoms with Gasteiger partial charge >= 0.3 is 0 Å². The summed E-state index contributed by atoms with van der Waals surface area (Å²) >= 11 is 3.03. The van der Waals surface area contributed by atoms with Gasteiger partial charge in [0.05, 0.1) is 22.1 Å². The third-order valence-corrected chi connectivity index (χ3v) is 4.75. The minimum absolute atomic E-state index is 0.0224. The van der Waals surface area contributed by atoms with Crippen LogP contribution in [0.3, 0.4) is 0 Å². The second kappa shape index (κ2) is 6.28. The Bertz CT molecular complexity index is 404. The molecule has 1 aromatic heterocycles. The smallest absolute Gasteiger partial charge is 0.171 e. The summed E-state index contributed by atoms with van der Waals surface area (Å²) in [7, 11) is 3.65. The Morgan fingerprint density at radius 1 is 1.59 bits per heavy atom. The minimum atomic E-state index is 0.0224. The van der Waals surface area contributed by atoms with Gasteiger partial charge in [0.15, 0.2) is 5.78 Å². The molecule has 0 aliphatic heterocycles. The van der Waals surface area contributed by atoms with Crippen LogP contribution in [0.1, 0.15) is 16.6 Å². The normalized spacial score (nSPS) is 10.6. The number of ketones is 1. The first kappa shape index (κ1) is 14.3.